The van der Waals surface area contributed by atoms with Gasteiger partial charge in [-0.1, -0.05) is 37.9 Å². The summed E-state index contributed by atoms with van der Waals surface area (Å²) < 4.78 is 5.92. The highest BCUT2D eigenvalue weighted by molar-refractivity contribution is 9.11. The maximum absolute atomic E-state index is 10.9. The summed E-state index contributed by atoms with van der Waals surface area (Å²) in [6.07, 6.45) is 6.00. The molecule has 1 fully saturated rings. The van der Waals surface area contributed by atoms with Crippen LogP contribution in [0.25, 0.3) is 0 Å². The van der Waals surface area contributed by atoms with Crippen LogP contribution in [0.4, 0.5) is 0 Å². The second kappa shape index (κ2) is 9.98. The first-order valence-electron chi connectivity index (χ1n) is 6.74. The number of ether oxygens (including phenoxy) is 1. The summed E-state index contributed by atoms with van der Waals surface area (Å²) in [4.78, 5) is 12.5. The van der Waals surface area contributed by atoms with Gasteiger partial charge in [0.15, 0.2) is 5.78 Å². The van der Waals surface area contributed by atoms with Gasteiger partial charge in [-0.25, -0.2) is 0 Å². The molecule has 1 heterocycles. The number of aliphatic hydroxyl groups excluding tert-OH is 1. The van der Waals surface area contributed by atoms with Gasteiger partial charge in [0.1, 0.15) is 0 Å². The van der Waals surface area contributed by atoms with Gasteiger partial charge in [-0.15, -0.1) is 17.3 Å². The van der Waals surface area contributed by atoms with E-state index in [4.69, 9.17) is 16.3 Å². The lowest BCUT2D eigenvalue weighted by Gasteiger charge is -2.18. The summed E-state index contributed by atoms with van der Waals surface area (Å²) in [6, 6.07) is 0. The fourth-order valence-electron chi connectivity index (χ4n) is 2.14. The van der Waals surface area contributed by atoms with Crippen molar-refractivity contribution in [2.75, 3.05) is 0 Å². The molecule has 1 aliphatic rings. The van der Waals surface area contributed by atoms with E-state index in [-0.39, 0.29) is 28.2 Å². The van der Waals surface area contributed by atoms with Crippen LogP contribution >= 0.6 is 43.5 Å². The number of ketones is 1. The quantitative estimate of drug-likeness (QED) is 0.370. The Kier molecular flexibility index (Phi) is 9.10. The smallest absolute Gasteiger partial charge is 0.152 e. The van der Waals surface area contributed by atoms with Crippen molar-refractivity contribution in [3.8, 4) is 0 Å². The number of carbonyl (C=O) groups excluding carboxylic acids is 1. The molecule has 0 bridgehead atoms. The predicted octanol–water partition coefficient (Wildman–Crippen LogP) is 3.86. The summed E-state index contributed by atoms with van der Waals surface area (Å²) in [5.74, 6) is 0.0323. The number of hydrogen-bond donors (Lipinski definition) is 1. The number of aliphatic hydroxyl groups is 1. The van der Waals surface area contributed by atoms with E-state index < -0.39 is 6.10 Å². The van der Waals surface area contributed by atoms with Crippen LogP contribution in [0.1, 0.15) is 26.2 Å². The number of alkyl halides is 2. The Morgan fingerprint density at radius 2 is 2.33 bits per heavy atom. The molecular weight excluding hydrogens is 423 g/mol. The van der Waals surface area contributed by atoms with Crippen molar-refractivity contribution in [1.82, 2.24) is 0 Å². The van der Waals surface area contributed by atoms with Crippen LogP contribution in [0.2, 0.25) is 0 Å². The molecule has 3 nitrogen and oxygen atoms in total. The molecule has 0 saturated carbocycles. The molecule has 0 radical (unpaired) electrons. The number of carbonyl (C=O) groups is 1. The summed E-state index contributed by atoms with van der Waals surface area (Å²) in [5, 5.41) is 9.71. The van der Waals surface area contributed by atoms with E-state index in [1.165, 1.54) is 6.92 Å². The first-order valence-corrected chi connectivity index (χ1v) is 9.01. The maximum Gasteiger partial charge on any atom is 0.152 e. The largest absolute Gasteiger partial charge is 0.388 e. The van der Waals surface area contributed by atoms with E-state index >= 15 is 0 Å². The molecule has 1 aliphatic heterocycles. The molecule has 0 aliphatic carbocycles. The molecule has 0 unspecified atom stereocenters. The summed E-state index contributed by atoms with van der Waals surface area (Å²) >= 11 is 13.0. The first-order chi connectivity index (χ1) is 9.93. The van der Waals surface area contributed by atoms with Gasteiger partial charge in [-0.05, 0) is 31.9 Å². The lowest BCUT2D eigenvalue weighted by atomic mass is 10.1. The zero-order valence-electron chi connectivity index (χ0n) is 11.7. The summed E-state index contributed by atoms with van der Waals surface area (Å²) in [5.41, 5.74) is 2.78. The minimum absolute atomic E-state index is 0.0167. The van der Waals surface area contributed by atoms with Gasteiger partial charge in [-0.2, -0.15) is 0 Å². The molecule has 0 spiro atoms. The van der Waals surface area contributed by atoms with Crippen LogP contribution in [0.5, 0.6) is 0 Å². The Morgan fingerprint density at radius 3 is 2.95 bits per heavy atom. The van der Waals surface area contributed by atoms with Crippen molar-refractivity contribution in [2.24, 2.45) is 0 Å². The molecule has 0 aromatic rings. The third-order valence-electron chi connectivity index (χ3n) is 3.15. The summed E-state index contributed by atoms with van der Waals surface area (Å²) in [7, 11) is 0. The van der Waals surface area contributed by atoms with E-state index in [9.17, 15) is 9.90 Å². The minimum atomic E-state index is -0.629. The van der Waals surface area contributed by atoms with Crippen molar-refractivity contribution in [1.29, 1.82) is 0 Å². The third-order valence-corrected chi connectivity index (χ3v) is 4.84. The van der Waals surface area contributed by atoms with E-state index in [1.807, 2.05) is 6.08 Å². The van der Waals surface area contributed by atoms with Crippen LogP contribution in [-0.2, 0) is 9.53 Å². The number of halogens is 3. The highest BCUT2D eigenvalue weighted by atomic mass is 79.9. The molecule has 0 aromatic carbocycles. The second-order valence-corrected chi connectivity index (χ2v) is 7.17. The van der Waals surface area contributed by atoms with Crippen molar-refractivity contribution >= 4 is 49.2 Å². The normalized spacial score (nSPS) is 28.1. The van der Waals surface area contributed by atoms with Gasteiger partial charge in [-0.3, -0.25) is 4.79 Å². The third kappa shape index (κ3) is 7.27. The monoisotopic (exact) mass is 440 g/mol. The van der Waals surface area contributed by atoms with Gasteiger partial charge in [0.05, 0.1) is 23.7 Å². The molecule has 5 atom stereocenters. The number of allylic oxidation sites excluding steroid dienone is 2. The Labute approximate surface area is 147 Å². The average Bonchev–Trinajstić information content (AvgIpc) is 2.77. The molecule has 1 saturated heterocycles. The molecule has 0 aromatic heterocycles. The Bertz CT molecular complexity index is 433. The maximum atomic E-state index is 10.9. The molecule has 1 rings (SSSR count). The fourth-order valence-corrected chi connectivity index (χ4v) is 3.19. The molecule has 21 heavy (non-hydrogen) atoms. The zero-order valence-corrected chi connectivity index (χ0v) is 15.6. The van der Waals surface area contributed by atoms with Gasteiger partial charge in [0.2, 0.25) is 0 Å². The SMILES string of the molecule is CC(=O)/C=C/C[C@H](Br)[C@@H]1C[C@@H](Cl)[C@@H](C[C@H](O)C=C=CBr)O1. The average molecular weight is 443 g/mol. The highest BCUT2D eigenvalue weighted by Gasteiger charge is 2.37. The highest BCUT2D eigenvalue weighted by Crippen LogP contribution is 2.33. The van der Waals surface area contributed by atoms with Crippen LogP contribution in [0.15, 0.2) is 28.9 Å². The minimum Gasteiger partial charge on any atom is -0.388 e. The molecule has 118 valence electrons. The van der Waals surface area contributed by atoms with Crippen molar-refractivity contribution in [3.05, 3.63) is 28.9 Å². The topological polar surface area (TPSA) is 46.5 Å². The molecule has 6 heteroatoms. The molecule has 0 amide bonds. The van der Waals surface area contributed by atoms with Crippen LogP contribution in [-0.4, -0.2) is 39.4 Å². The van der Waals surface area contributed by atoms with Crippen LogP contribution < -0.4 is 0 Å². The molecular formula is C15H19Br2ClO3. The van der Waals surface area contributed by atoms with Gasteiger partial charge >= 0.3 is 0 Å². The number of rotatable bonds is 7. The zero-order chi connectivity index (χ0) is 15.8. The predicted molar refractivity (Wildman–Crippen MR) is 92.3 cm³/mol. The van der Waals surface area contributed by atoms with Gasteiger partial charge in [0, 0.05) is 16.2 Å². The number of hydrogen-bond acceptors (Lipinski definition) is 3. The Hall–Kier alpha value is 0.1000. The van der Waals surface area contributed by atoms with E-state index in [2.05, 4.69) is 37.6 Å². The Morgan fingerprint density at radius 1 is 1.62 bits per heavy atom. The lowest BCUT2D eigenvalue weighted by Crippen LogP contribution is -2.24. The lowest BCUT2D eigenvalue weighted by molar-refractivity contribution is -0.112. The standard InChI is InChI=1S/C15H19Br2ClO3/c1-10(19)4-2-6-12(17)14-9-13(18)15(21-14)8-11(20)5-3-7-16/h2,4-5,7,11-15,20H,6,8-9H2,1H3/b4-2+/t3?,11-,12+,13-,14+,15-/m1/s1. The Balaban J connectivity index is 2.47. The van der Waals surface area contributed by atoms with E-state index in [0.29, 0.717) is 12.8 Å². The van der Waals surface area contributed by atoms with E-state index in [1.54, 1.807) is 17.1 Å². The second-order valence-electron chi connectivity index (χ2n) is 4.97. The van der Waals surface area contributed by atoms with Crippen LogP contribution in [0, 0.1) is 0 Å². The van der Waals surface area contributed by atoms with Gasteiger partial charge in [0.25, 0.3) is 0 Å². The summed E-state index contributed by atoms with van der Waals surface area (Å²) in [6.45, 7) is 1.52. The molecule has 1 N–H and O–H groups in total. The van der Waals surface area contributed by atoms with Crippen molar-refractivity contribution in [3.63, 3.8) is 0 Å². The fraction of sp³-hybridized carbons (Fsp3) is 0.600. The van der Waals surface area contributed by atoms with Gasteiger partial charge < -0.3 is 9.84 Å². The van der Waals surface area contributed by atoms with Crippen LogP contribution in [0.3, 0.4) is 0 Å². The van der Waals surface area contributed by atoms with Crippen molar-refractivity contribution < 1.29 is 14.6 Å². The first kappa shape index (κ1) is 19.1. The van der Waals surface area contributed by atoms with E-state index in [0.717, 1.165) is 6.42 Å². The van der Waals surface area contributed by atoms with Crippen molar-refractivity contribution in [2.45, 2.75) is 54.7 Å².